The lowest BCUT2D eigenvalue weighted by Crippen LogP contribution is -2.57. The highest BCUT2D eigenvalue weighted by atomic mass is 16.2. The van der Waals surface area contributed by atoms with Crippen LogP contribution in [-0.4, -0.2) is 41.8 Å². The first kappa shape index (κ1) is 9.65. The van der Waals surface area contributed by atoms with Gasteiger partial charge in [-0.3, -0.25) is 14.5 Å². The minimum atomic E-state index is -0.267. The van der Waals surface area contributed by atoms with Crippen LogP contribution in [0.5, 0.6) is 0 Å². The second-order valence-corrected chi connectivity index (χ2v) is 4.31. The molecule has 2 bridgehead atoms. The Labute approximate surface area is 83.6 Å². The summed E-state index contributed by atoms with van der Waals surface area (Å²) >= 11 is 0. The maximum Gasteiger partial charge on any atom is 0.217 e. The summed E-state index contributed by atoms with van der Waals surface area (Å²) in [5, 5.41) is 2.76. The molecule has 3 atom stereocenters. The van der Waals surface area contributed by atoms with Gasteiger partial charge in [-0.2, -0.15) is 0 Å². The van der Waals surface area contributed by atoms with Crippen LogP contribution < -0.4 is 5.32 Å². The molecule has 0 radical (unpaired) electrons. The molecule has 78 valence electrons. The number of nitrogens with zero attached hydrogens (tertiary/aromatic N) is 1. The zero-order valence-electron chi connectivity index (χ0n) is 8.62. The molecule has 0 aromatic rings. The summed E-state index contributed by atoms with van der Waals surface area (Å²) in [6.07, 6.45) is 2.71. The van der Waals surface area contributed by atoms with E-state index in [2.05, 4.69) is 10.2 Å². The fourth-order valence-electron chi connectivity index (χ4n) is 2.66. The van der Waals surface area contributed by atoms with E-state index in [0.717, 1.165) is 12.8 Å². The van der Waals surface area contributed by atoms with Gasteiger partial charge in [0.1, 0.15) is 6.04 Å². The van der Waals surface area contributed by atoms with Gasteiger partial charge in [0.15, 0.2) is 5.78 Å². The van der Waals surface area contributed by atoms with Crippen LogP contribution in [0.2, 0.25) is 0 Å². The van der Waals surface area contributed by atoms with E-state index in [-0.39, 0.29) is 23.8 Å². The van der Waals surface area contributed by atoms with Crippen molar-refractivity contribution < 1.29 is 9.59 Å². The van der Waals surface area contributed by atoms with E-state index in [9.17, 15) is 9.59 Å². The average molecular weight is 196 g/mol. The molecular weight excluding hydrogens is 180 g/mol. The van der Waals surface area contributed by atoms with Crippen LogP contribution in [-0.2, 0) is 9.59 Å². The molecule has 2 heterocycles. The summed E-state index contributed by atoms with van der Waals surface area (Å²) in [7, 11) is 2.05. The second kappa shape index (κ2) is 3.35. The van der Waals surface area contributed by atoms with Crippen molar-refractivity contribution in [3.05, 3.63) is 0 Å². The lowest BCUT2D eigenvalue weighted by Gasteiger charge is -2.36. The van der Waals surface area contributed by atoms with E-state index >= 15 is 0 Å². The number of amides is 1. The molecule has 2 aliphatic heterocycles. The highest BCUT2D eigenvalue weighted by Gasteiger charge is 2.45. The number of piperidine rings is 1. The predicted octanol–water partition coefficient (Wildman–Crippen LogP) is -0.0733. The largest absolute Gasteiger partial charge is 0.345 e. The summed E-state index contributed by atoms with van der Waals surface area (Å²) < 4.78 is 0. The zero-order chi connectivity index (χ0) is 10.3. The molecule has 1 amide bonds. The minimum absolute atomic E-state index is 0.109. The molecule has 0 aromatic heterocycles. The normalized spacial score (nSPS) is 37.3. The molecule has 2 aliphatic rings. The number of rotatable bonds is 1. The van der Waals surface area contributed by atoms with Gasteiger partial charge < -0.3 is 5.32 Å². The summed E-state index contributed by atoms with van der Waals surface area (Å²) in [5.41, 5.74) is 0. The van der Waals surface area contributed by atoms with Crippen LogP contribution in [0.25, 0.3) is 0 Å². The second-order valence-electron chi connectivity index (χ2n) is 4.31. The van der Waals surface area contributed by atoms with Crippen LogP contribution in [0.3, 0.4) is 0 Å². The Morgan fingerprint density at radius 2 is 2.21 bits per heavy atom. The van der Waals surface area contributed by atoms with E-state index in [1.165, 1.54) is 6.92 Å². The van der Waals surface area contributed by atoms with Gasteiger partial charge in [0, 0.05) is 25.4 Å². The van der Waals surface area contributed by atoms with E-state index in [1.807, 2.05) is 7.05 Å². The quantitative estimate of drug-likeness (QED) is 0.638. The molecule has 3 unspecified atom stereocenters. The Morgan fingerprint density at radius 3 is 2.86 bits per heavy atom. The summed E-state index contributed by atoms with van der Waals surface area (Å²) in [4.78, 5) is 24.9. The van der Waals surface area contributed by atoms with Gasteiger partial charge in [0.2, 0.25) is 5.91 Å². The zero-order valence-corrected chi connectivity index (χ0v) is 8.62. The Balaban J connectivity index is 2.14. The molecule has 4 nitrogen and oxygen atoms in total. The molecule has 0 aromatic carbocycles. The van der Waals surface area contributed by atoms with Crippen LogP contribution >= 0.6 is 0 Å². The Morgan fingerprint density at radius 1 is 1.50 bits per heavy atom. The minimum Gasteiger partial charge on any atom is -0.345 e. The Kier molecular flexibility index (Phi) is 2.31. The van der Waals surface area contributed by atoms with Gasteiger partial charge in [-0.05, 0) is 19.9 Å². The fourth-order valence-corrected chi connectivity index (χ4v) is 2.66. The SMILES string of the molecule is CC(=O)NC1C(=O)CC2CCC1N2C. The molecular formula is C10H16N2O2. The van der Waals surface area contributed by atoms with Crippen molar-refractivity contribution in [2.45, 2.75) is 44.3 Å². The van der Waals surface area contributed by atoms with Crippen LogP contribution in [0.1, 0.15) is 26.2 Å². The highest BCUT2D eigenvalue weighted by Crippen LogP contribution is 2.32. The Hall–Kier alpha value is -0.900. The number of carbonyl (C=O) groups is 2. The Bertz CT molecular complexity index is 277. The van der Waals surface area contributed by atoms with Crippen LogP contribution in [0.15, 0.2) is 0 Å². The van der Waals surface area contributed by atoms with Gasteiger partial charge in [0.25, 0.3) is 0 Å². The van der Waals surface area contributed by atoms with E-state index in [4.69, 9.17) is 0 Å². The molecule has 2 saturated heterocycles. The van der Waals surface area contributed by atoms with Gasteiger partial charge in [-0.15, -0.1) is 0 Å². The molecule has 14 heavy (non-hydrogen) atoms. The van der Waals surface area contributed by atoms with Gasteiger partial charge in [-0.25, -0.2) is 0 Å². The predicted molar refractivity (Wildman–Crippen MR) is 51.8 cm³/mol. The third kappa shape index (κ3) is 1.43. The number of hydrogen-bond donors (Lipinski definition) is 1. The number of likely N-dealkylation sites (N-methyl/N-ethyl adjacent to an activating group) is 1. The first-order valence-corrected chi connectivity index (χ1v) is 5.11. The lowest BCUT2D eigenvalue weighted by atomic mass is 9.96. The molecule has 0 spiro atoms. The van der Waals surface area contributed by atoms with Crippen LogP contribution in [0, 0.1) is 0 Å². The van der Waals surface area contributed by atoms with Crippen LogP contribution in [0.4, 0.5) is 0 Å². The summed E-state index contributed by atoms with van der Waals surface area (Å²) in [6.45, 7) is 1.47. The molecule has 0 saturated carbocycles. The maximum absolute atomic E-state index is 11.7. The number of fused-ring (bicyclic) bond motifs is 2. The van der Waals surface area contributed by atoms with Crippen molar-refractivity contribution >= 4 is 11.7 Å². The van der Waals surface area contributed by atoms with E-state index in [1.54, 1.807) is 0 Å². The first-order valence-electron chi connectivity index (χ1n) is 5.11. The number of carbonyl (C=O) groups excluding carboxylic acids is 2. The number of nitrogens with one attached hydrogen (secondary N) is 1. The van der Waals surface area contributed by atoms with Gasteiger partial charge in [-0.1, -0.05) is 0 Å². The van der Waals surface area contributed by atoms with E-state index in [0.29, 0.717) is 12.5 Å². The lowest BCUT2D eigenvalue weighted by molar-refractivity contribution is -0.131. The summed E-state index contributed by atoms with van der Waals surface area (Å²) in [5.74, 6) is 0.0906. The van der Waals surface area contributed by atoms with Gasteiger partial charge >= 0.3 is 0 Å². The van der Waals surface area contributed by atoms with E-state index < -0.39 is 0 Å². The van der Waals surface area contributed by atoms with Gasteiger partial charge in [0.05, 0.1) is 0 Å². The smallest absolute Gasteiger partial charge is 0.217 e. The standard InChI is InChI=1S/C10H16N2O2/c1-6(13)11-10-8-4-3-7(12(8)2)5-9(10)14/h7-8,10H,3-5H2,1-2H3,(H,11,13). The molecule has 2 rings (SSSR count). The number of hydrogen-bond acceptors (Lipinski definition) is 3. The van der Waals surface area contributed by atoms with Crippen molar-refractivity contribution in [3.8, 4) is 0 Å². The van der Waals surface area contributed by atoms with Crippen molar-refractivity contribution in [1.82, 2.24) is 10.2 Å². The fraction of sp³-hybridized carbons (Fsp3) is 0.800. The highest BCUT2D eigenvalue weighted by molar-refractivity contribution is 5.90. The third-order valence-corrected chi connectivity index (χ3v) is 3.42. The molecule has 0 aliphatic carbocycles. The number of Topliss-reactive ketones (excluding diaryl/α,β-unsaturated/α-hetero) is 1. The van der Waals surface area contributed by atoms with Crippen molar-refractivity contribution in [2.75, 3.05) is 7.05 Å². The maximum atomic E-state index is 11.7. The molecule has 4 heteroatoms. The number of ketones is 1. The first-order chi connectivity index (χ1) is 6.59. The monoisotopic (exact) mass is 196 g/mol. The van der Waals surface area contributed by atoms with Crippen molar-refractivity contribution in [3.63, 3.8) is 0 Å². The topological polar surface area (TPSA) is 49.4 Å². The molecule has 2 fully saturated rings. The van der Waals surface area contributed by atoms with Crippen molar-refractivity contribution in [2.24, 2.45) is 0 Å². The molecule has 1 N–H and O–H groups in total. The third-order valence-electron chi connectivity index (χ3n) is 3.42. The average Bonchev–Trinajstić information content (AvgIpc) is 2.34. The van der Waals surface area contributed by atoms with Crippen molar-refractivity contribution in [1.29, 1.82) is 0 Å². The summed E-state index contributed by atoms with van der Waals surface area (Å²) in [6, 6.07) is 0.374.